The van der Waals surface area contributed by atoms with Gasteiger partial charge in [0.25, 0.3) is 0 Å². The van der Waals surface area contributed by atoms with Gasteiger partial charge < -0.3 is 14.3 Å². The Bertz CT molecular complexity index is 1010. The second-order valence-electron chi connectivity index (χ2n) is 9.83. The van der Waals surface area contributed by atoms with Crippen molar-refractivity contribution in [3.8, 4) is 0 Å². The van der Waals surface area contributed by atoms with E-state index < -0.39 is 27.1 Å². The van der Waals surface area contributed by atoms with Crippen LogP contribution in [-0.4, -0.2) is 53.8 Å². The van der Waals surface area contributed by atoms with Crippen LogP contribution >= 0.6 is 11.6 Å². The molecule has 0 spiro atoms. The first kappa shape index (κ1) is 23.5. The molecule has 1 saturated heterocycles. The van der Waals surface area contributed by atoms with Crippen molar-refractivity contribution < 1.29 is 22.7 Å². The molecule has 1 aromatic heterocycles. The molecule has 2 heterocycles. The number of fused-ring (bicyclic) bond motifs is 1. The van der Waals surface area contributed by atoms with Crippen molar-refractivity contribution in [1.29, 1.82) is 0 Å². The smallest absolute Gasteiger partial charge is 0.216 e. The van der Waals surface area contributed by atoms with E-state index in [-0.39, 0.29) is 20.9 Å². The van der Waals surface area contributed by atoms with Crippen molar-refractivity contribution in [1.82, 2.24) is 9.88 Å². The Morgan fingerprint density at radius 1 is 1.20 bits per heavy atom. The van der Waals surface area contributed by atoms with Crippen molar-refractivity contribution in [3.05, 3.63) is 23.0 Å². The summed E-state index contributed by atoms with van der Waals surface area (Å²) < 4.78 is 38.5. The maximum absolute atomic E-state index is 13.5. The van der Waals surface area contributed by atoms with Crippen LogP contribution in [0.4, 0.5) is 0 Å². The van der Waals surface area contributed by atoms with Crippen LogP contribution in [-0.2, 0) is 20.0 Å². The molecule has 0 radical (unpaired) electrons. The number of hydrogen-bond donors (Lipinski definition) is 1. The number of halogens is 1. The SMILES string of the molecule is CC(C)(C)OC(O)N1CCC(S(=O)(=O)c2c(Cl)ccc3nc(C(C)(C)C)oc23)CC1. The molecule has 0 saturated carbocycles. The number of piperidine rings is 1. The normalized spacial score (nSPS) is 18.8. The van der Waals surface area contributed by atoms with Crippen molar-refractivity contribution in [3.63, 3.8) is 0 Å². The molecule has 7 nitrogen and oxygen atoms in total. The largest absolute Gasteiger partial charge is 0.439 e. The number of sulfone groups is 1. The van der Waals surface area contributed by atoms with Gasteiger partial charge in [-0.2, -0.15) is 0 Å². The molecule has 0 amide bonds. The van der Waals surface area contributed by atoms with Crippen LogP contribution in [0.1, 0.15) is 60.3 Å². The second-order valence-corrected chi connectivity index (χ2v) is 12.4. The molecule has 2 aromatic rings. The van der Waals surface area contributed by atoms with Crippen LogP contribution in [0.5, 0.6) is 0 Å². The first-order valence-electron chi connectivity index (χ1n) is 10.1. The van der Waals surface area contributed by atoms with E-state index in [4.69, 9.17) is 20.8 Å². The number of aliphatic hydroxyl groups is 1. The number of aliphatic hydroxyl groups excluding tert-OH is 1. The van der Waals surface area contributed by atoms with E-state index in [0.29, 0.717) is 37.3 Å². The zero-order chi connectivity index (χ0) is 22.5. The number of aromatic nitrogens is 1. The van der Waals surface area contributed by atoms with Crippen LogP contribution in [0.2, 0.25) is 5.02 Å². The summed E-state index contributed by atoms with van der Waals surface area (Å²) in [5.74, 6) is 0.466. The topological polar surface area (TPSA) is 92.9 Å². The summed E-state index contributed by atoms with van der Waals surface area (Å²) in [6.45, 7) is 12.2. The number of rotatable bonds is 4. The van der Waals surface area contributed by atoms with Gasteiger partial charge in [-0.1, -0.05) is 32.4 Å². The minimum absolute atomic E-state index is 0.00890. The maximum atomic E-state index is 13.5. The first-order valence-corrected chi connectivity index (χ1v) is 12.1. The van der Waals surface area contributed by atoms with E-state index in [0.717, 1.165) is 0 Å². The van der Waals surface area contributed by atoms with Gasteiger partial charge in [0, 0.05) is 18.5 Å². The van der Waals surface area contributed by atoms with Gasteiger partial charge in [0.1, 0.15) is 10.4 Å². The highest BCUT2D eigenvalue weighted by molar-refractivity contribution is 7.92. The molecular weight excluding hydrogens is 428 g/mol. The van der Waals surface area contributed by atoms with E-state index >= 15 is 0 Å². The fourth-order valence-corrected chi connectivity index (χ4v) is 5.87. The van der Waals surface area contributed by atoms with Crippen molar-refractivity contribution in [2.24, 2.45) is 0 Å². The number of oxazole rings is 1. The third-order valence-electron chi connectivity index (χ3n) is 5.08. The highest BCUT2D eigenvalue weighted by atomic mass is 35.5. The van der Waals surface area contributed by atoms with Gasteiger partial charge in [-0.05, 0) is 45.7 Å². The molecular formula is C21H31ClN2O5S. The molecule has 1 aliphatic heterocycles. The number of hydrogen-bond acceptors (Lipinski definition) is 7. The van der Waals surface area contributed by atoms with Gasteiger partial charge in [-0.3, -0.25) is 4.90 Å². The molecule has 168 valence electrons. The second kappa shape index (κ2) is 8.06. The van der Waals surface area contributed by atoms with Gasteiger partial charge in [-0.15, -0.1) is 0 Å². The summed E-state index contributed by atoms with van der Waals surface area (Å²) in [5.41, 5.74) is -0.163. The number of ether oxygens (including phenoxy) is 1. The third kappa shape index (κ3) is 4.83. The molecule has 0 bridgehead atoms. The highest BCUT2D eigenvalue weighted by Crippen LogP contribution is 2.37. The molecule has 0 aliphatic carbocycles. The minimum Gasteiger partial charge on any atom is -0.439 e. The van der Waals surface area contributed by atoms with Crippen molar-refractivity contribution in [2.45, 2.75) is 82.0 Å². The van der Waals surface area contributed by atoms with E-state index in [2.05, 4.69) is 4.98 Å². The minimum atomic E-state index is -3.75. The fourth-order valence-electron chi connectivity index (χ4n) is 3.49. The van der Waals surface area contributed by atoms with Gasteiger partial charge >= 0.3 is 0 Å². The first-order chi connectivity index (χ1) is 13.7. The van der Waals surface area contributed by atoms with Gasteiger partial charge in [0.15, 0.2) is 15.4 Å². The molecule has 1 aromatic carbocycles. The summed E-state index contributed by atoms with van der Waals surface area (Å²) in [5, 5.41) is 9.80. The average molecular weight is 459 g/mol. The van der Waals surface area contributed by atoms with Crippen LogP contribution in [0.15, 0.2) is 21.4 Å². The molecule has 1 aliphatic rings. The molecule has 1 fully saturated rings. The predicted molar refractivity (Wildman–Crippen MR) is 116 cm³/mol. The highest BCUT2D eigenvalue weighted by Gasteiger charge is 2.37. The lowest BCUT2D eigenvalue weighted by Crippen LogP contribution is -2.47. The Morgan fingerprint density at radius 3 is 2.33 bits per heavy atom. The zero-order valence-corrected chi connectivity index (χ0v) is 20.0. The predicted octanol–water partition coefficient (Wildman–Crippen LogP) is 4.11. The van der Waals surface area contributed by atoms with Crippen LogP contribution < -0.4 is 0 Å². The van der Waals surface area contributed by atoms with Gasteiger partial charge in [-0.25, -0.2) is 13.4 Å². The summed E-state index contributed by atoms with van der Waals surface area (Å²) in [7, 11) is -3.75. The Balaban J connectivity index is 1.87. The number of likely N-dealkylation sites (tertiary alicyclic amines) is 1. The fraction of sp³-hybridized carbons (Fsp3) is 0.667. The van der Waals surface area contributed by atoms with E-state index in [1.54, 1.807) is 17.0 Å². The van der Waals surface area contributed by atoms with E-state index in [1.165, 1.54) is 0 Å². The molecule has 9 heteroatoms. The Hall–Kier alpha value is -1.19. The van der Waals surface area contributed by atoms with E-state index in [9.17, 15) is 13.5 Å². The standard InChI is InChI=1S/C21H31ClN2O5S/c1-20(2,3)18-23-15-8-7-14(22)17(16(15)28-18)30(26,27)13-9-11-24(12-10-13)19(25)29-21(4,5)6/h7-8,13,19,25H,9-12H2,1-6H3. The lowest BCUT2D eigenvalue weighted by atomic mass is 9.97. The summed E-state index contributed by atoms with van der Waals surface area (Å²) in [6, 6.07) is 3.24. The van der Waals surface area contributed by atoms with Crippen molar-refractivity contribution in [2.75, 3.05) is 13.1 Å². The van der Waals surface area contributed by atoms with Gasteiger partial charge in [0.2, 0.25) is 12.3 Å². The number of nitrogens with zero attached hydrogens (tertiary/aromatic N) is 2. The molecule has 1 unspecified atom stereocenters. The van der Waals surface area contributed by atoms with Crippen molar-refractivity contribution >= 4 is 32.5 Å². The lowest BCUT2D eigenvalue weighted by molar-refractivity contribution is -0.241. The maximum Gasteiger partial charge on any atom is 0.216 e. The quantitative estimate of drug-likeness (QED) is 0.689. The molecule has 1 N–H and O–H groups in total. The Morgan fingerprint density at radius 2 is 1.80 bits per heavy atom. The molecule has 1 atom stereocenters. The average Bonchev–Trinajstić information content (AvgIpc) is 3.04. The van der Waals surface area contributed by atoms with E-state index in [1.807, 2.05) is 41.5 Å². The van der Waals surface area contributed by atoms with Gasteiger partial charge in [0.05, 0.1) is 15.9 Å². The monoisotopic (exact) mass is 458 g/mol. The lowest BCUT2D eigenvalue weighted by Gasteiger charge is -2.37. The Kier molecular flexibility index (Phi) is 6.30. The van der Waals surface area contributed by atoms with Crippen LogP contribution in [0.3, 0.4) is 0 Å². The van der Waals surface area contributed by atoms with Crippen LogP contribution in [0, 0.1) is 0 Å². The third-order valence-corrected chi connectivity index (χ3v) is 7.83. The van der Waals surface area contributed by atoms with Crippen LogP contribution in [0.25, 0.3) is 11.1 Å². The molecule has 30 heavy (non-hydrogen) atoms. The summed E-state index contributed by atoms with van der Waals surface area (Å²) in [4.78, 5) is 6.22. The summed E-state index contributed by atoms with van der Waals surface area (Å²) in [6.07, 6.45) is -0.343. The number of benzene rings is 1. The zero-order valence-electron chi connectivity index (χ0n) is 18.4. The molecule has 3 rings (SSSR count). The Labute approximate surface area is 183 Å². The summed E-state index contributed by atoms with van der Waals surface area (Å²) >= 11 is 6.34.